The number of carboxylic acid groups (broad SMARTS) is 1. The molecule has 1 aliphatic carbocycles. The molecule has 2 aromatic rings. The quantitative estimate of drug-likeness (QED) is 0.421. The lowest BCUT2D eigenvalue weighted by molar-refractivity contribution is -0.138. The van der Waals surface area contributed by atoms with Crippen molar-refractivity contribution in [2.75, 3.05) is 13.2 Å². The summed E-state index contributed by atoms with van der Waals surface area (Å²) in [5, 5.41) is 14.5. The van der Waals surface area contributed by atoms with Gasteiger partial charge in [-0.1, -0.05) is 75.2 Å². The molecule has 0 heterocycles. The third-order valence-corrected chi connectivity index (χ3v) is 6.17. The molecule has 3 N–H and O–H groups in total. The summed E-state index contributed by atoms with van der Waals surface area (Å²) in [5.74, 6) is -1.28. The zero-order chi connectivity index (χ0) is 24.5. The van der Waals surface area contributed by atoms with E-state index in [1.807, 2.05) is 24.3 Å². The molecule has 0 aromatic heterocycles. The first-order valence-electron chi connectivity index (χ1n) is 12.0. The van der Waals surface area contributed by atoms with E-state index in [1.54, 1.807) is 6.92 Å². The molecule has 0 radical (unpaired) electrons. The highest BCUT2D eigenvalue weighted by atomic mass is 16.5. The van der Waals surface area contributed by atoms with Crippen molar-refractivity contribution in [1.29, 1.82) is 0 Å². The molecule has 0 spiro atoms. The Kier molecular flexibility index (Phi) is 9.08. The van der Waals surface area contributed by atoms with Crippen LogP contribution in [0.4, 0.5) is 4.79 Å². The third-order valence-electron chi connectivity index (χ3n) is 6.17. The number of unbranched alkanes of at least 4 members (excludes halogenated alkanes) is 1. The van der Waals surface area contributed by atoms with E-state index in [0.717, 1.165) is 24.0 Å². The maximum absolute atomic E-state index is 12.6. The van der Waals surface area contributed by atoms with Gasteiger partial charge in [0.05, 0.1) is 0 Å². The van der Waals surface area contributed by atoms with Crippen LogP contribution < -0.4 is 10.6 Å². The summed E-state index contributed by atoms with van der Waals surface area (Å²) in [5.41, 5.74) is 4.63. The van der Waals surface area contributed by atoms with Gasteiger partial charge < -0.3 is 20.5 Å². The maximum atomic E-state index is 12.6. The van der Waals surface area contributed by atoms with Crippen LogP contribution >= 0.6 is 0 Å². The minimum atomic E-state index is -0.889. The van der Waals surface area contributed by atoms with Crippen LogP contribution in [0.25, 0.3) is 11.1 Å². The molecule has 0 fully saturated rings. The van der Waals surface area contributed by atoms with Gasteiger partial charge >= 0.3 is 12.1 Å². The lowest BCUT2D eigenvalue weighted by Crippen LogP contribution is -2.40. The Bertz CT molecular complexity index is 961. The van der Waals surface area contributed by atoms with E-state index >= 15 is 0 Å². The molecule has 2 amide bonds. The van der Waals surface area contributed by atoms with Crippen LogP contribution in [0.1, 0.15) is 63.0 Å². The molecule has 34 heavy (non-hydrogen) atoms. The second-order valence-electron chi connectivity index (χ2n) is 9.02. The fraction of sp³-hybridized carbons (Fsp3) is 0.444. The van der Waals surface area contributed by atoms with Crippen molar-refractivity contribution in [3.63, 3.8) is 0 Å². The number of amides is 2. The third kappa shape index (κ3) is 6.83. The monoisotopic (exact) mass is 466 g/mol. The van der Waals surface area contributed by atoms with Crippen LogP contribution in [0.15, 0.2) is 48.5 Å². The molecule has 2 atom stereocenters. The van der Waals surface area contributed by atoms with Gasteiger partial charge in [0.1, 0.15) is 6.61 Å². The number of carbonyl (C=O) groups excluding carboxylic acids is 2. The number of carboxylic acids is 1. The van der Waals surface area contributed by atoms with E-state index < -0.39 is 12.1 Å². The number of ether oxygens (including phenoxy) is 1. The Balaban J connectivity index is 1.55. The second kappa shape index (κ2) is 12.2. The zero-order valence-corrected chi connectivity index (χ0v) is 19.9. The second-order valence-corrected chi connectivity index (χ2v) is 9.02. The summed E-state index contributed by atoms with van der Waals surface area (Å²) in [4.78, 5) is 35.8. The molecule has 0 bridgehead atoms. The SMILES string of the molecule is CCCCC(CC(=O)NCC(C)CC(=O)O)NC(=O)OCC1c2ccccc2-c2ccccc21. The van der Waals surface area contributed by atoms with Gasteiger partial charge in [0.25, 0.3) is 0 Å². The molecular weight excluding hydrogens is 432 g/mol. The highest BCUT2D eigenvalue weighted by molar-refractivity contribution is 5.79. The van der Waals surface area contributed by atoms with Gasteiger partial charge in [-0.3, -0.25) is 9.59 Å². The van der Waals surface area contributed by atoms with E-state index in [2.05, 4.69) is 41.8 Å². The molecular formula is C27H34N2O5. The number of fused-ring (bicyclic) bond motifs is 3. The predicted octanol–water partition coefficient (Wildman–Crippen LogP) is 4.70. The largest absolute Gasteiger partial charge is 0.481 e. The molecule has 2 unspecified atom stereocenters. The number of alkyl carbamates (subject to hydrolysis) is 1. The average Bonchev–Trinajstić information content (AvgIpc) is 3.13. The van der Waals surface area contributed by atoms with Crippen LogP contribution in [0.5, 0.6) is 0 Å². The molecule has 3 rings (SSSR count). The van der Waals surface area contributed by atoms with Crippen molar-refractivity contribution in [3.05, 3.63) is 59.7 Å². The highest BCUT2D eigenvalue weighted by Gasteiger charge is 2.29. The molecule has 1 aliphatic rings. The summed E-state index contributed by atoms with van der Waals surface area (Å²) in [6, 6.07) is 16.0. The van der Waals surface area contributed by atoms with E-state index in [1.165, 1.54) is 11.1 Å². The van der Waals surface area contributed by atoms with E-state index in [-0.39, 0.29) is 49.8 Å². The van der Waals surface area contributed by atoms with Crippen LogP contribution in [-0.2, 0) is 14.3 Å². The van der Waals surface area contributed by atoms with Gasteiger partial charge in [-0.25, -0.2) is 4.79 Å². The minimum Gasteiger partial charge on any atom is -0.481 e. The molecule has 7 nitrogen and oxygen atoms in total. The number of nitrogens with one attached hydrogen (secondary N) is 2. The molecule has 7 heteroatoms. The average molecular weight is 467 g/mol. The van der Waals surface area contributed by atoms with E-state index in [4.69, 9.17) is 9.84 Å². The number of aliphatic carboxylic acids is 1. The van der Waals surface area contributed by atoms with Gasteiger partial charge in [0, 0.05) is 31.3 Å². The van der Waals surface area contributed by atoms with Crippen molar-refractivity contribution in [3.8, 4) is 11.1 Å². The summed E-state index contributed by atoms with van der Waals surface area (Å²) >= 11 is 0. The van der Waals surface area contributed by atoms with E-state index in [9.17, 15) is 14.4 Å². The molecule has 182 valence electrons. The lowest BCUT2D eigenvalue weighted by atomic mass is 9.98. The Morgan fingerprint density at radius 3 is 2.21 bits per heavy atom. The van der Waals surface area contributed by atoms with Crippen LogP contribution in [0, 0.1) is 5.92 Å². The van der Waals surface area contributed by atoms with Crippen LogP contribution in [0.3, 0.4) is 0 Å². The molecule has 0 saturated carbocycles. The Morgan fingerprint density at radius 2 is 1.62 bits per heavy atom. The van der Waals surface area contributed by atoms with Crippen LogP contribution in [-0.4, -0.2) is 42.3 Å². The standard InChI is InChI=1S/C27H34N2O5/c1-3-4-9-19(15-25(30)28-16-18(2)14-26(31)32)29-27(33)34-17-24-22-12-7-5-10-20(22)21-11-6-8-13-23(21)24/h5-8,10-13,18-19,24H,3-4,9,14-17H2,1-2H3,(H,28,30)(H,29,33)(H,31,32). The minimum absolute atomic E-state index is 0.00244. The topological polar surface area (TPSA) is 105 Å². The van der Waals surface area contributed by atoms with Gasteiger partial charge in [-0.15, -0.1) is 0 Å². The summed E-state index contributed by atoms with van der Waals surface area (Å²) in [7, 11) is 0. The van der Waals surface area contributed by atoms with Gasteiger partial charge in [0.15, 0.2) is 0 Å². The van der Waals surface area contributed by atoms with Crippen molar-refractivity contribution in [2.45, 2.75) is 57.9 Å². The first-order chi connectivity index (χ1) is 16.4. The fourth-order valence-electron chi connectivity index (χ4n) is 4.44. The molecule has 2 aromatic carbocycles. The Morgan fingerprint density at radius 1 is 1.00 bits per heavy atom. The van der Waals surface area contributed by atoms with Crippen molar-refractivity contribution >= 4 is 18.0 Å². The van der Waals surface area contributed by atoms with Crippen molar-refractivity contribution < 1.29 is 24.2 Å². The Hall–Kier alpha value is -3.35. The number of rotatable bonds is 12. The molecule has 0 aliphatic heterocycles. The number of hydrogen-bond acceptors (Lipinski definition) is 4. The zero-order valence-electron chi connectivity index (χ0n) is 19.9. The number of benzene rings is 2. The maximum Gasteiger partial charge on any atom is 0.407 e. The summed E-state index contributed by atoms with van der Waals surface area (Å²) in [6.07, 6.45) is 2.08. The summed E-state index contributed by atoms with van der Waals surface area (Å²) < 4.78 is 5.63. The number of hydrogen-bond donors (Lipinski definition) is 3. The van der Waals surface area contributed by atoms with Gasteiger partial charge in [-0.2, -0.15) is 0 Å². The highest BCUT2D eigenvalue weighted by Crippen LogP contribution is 2.44. The smallest absolute Gasteiger partial charge is 0.407 e. The fourth-order valence-corrected chi connectivity index (χ4v) is 4.44. The molecule has 0 saturated heterocycles. The van der Waals surface area contributed by atoms with Gasteiger partial charge in [-0.05, 0) is 34.6 Å². The first kappa shape index (κ1) is 25.3. The number of carbonyl (C=O) groups is 3. The van der Waals surface area contributed by atoms with Crippen LogP contribution in [0.2, 0.25) is 0 Å². The summed E-state index contributed by atoms with van der Waals surface area (Å²) in [6.45, 7) is 4.34. The van der Waals surface area contributed by atoms with Crippen molar-refractivity contribution in [2.24, 2.45) is 5.92 Å². The lowest BCUT2D eigenvalue weighted by Gasteiger charge is -2.20. The Labute approximate surface area is 200 Å². The van der Waals surface area contributed by atoms with Crippen molar-refractivity contribution in [1.82, 2.24) is 10.6 Å². The predicted molar refractivity (Wildman–Crippen MR) is 131 cm³/mol. The van der Waals surface area contributed by atoms with Gasteiger partial charge in [0.2, 0.25) is 5.91 Å². The normalized spacial score (nSPS) is 13.9. The van der Waals surface area contributed by atoms with E-state index in [0.29, 0.717) is 6.42 Å². The first-order valence-corrected chi connectivity index (χ1v) is 12.0.